The van der Waals surface area contributed by atoms with Crippen molar-refractivity contribution in [2.75, 3.05) is 0 Å². The van der Waals surface area contributed by atoms with Gasteiger partial charge in [0, 0.05) is 11.1 Å². The molecule has 0 spiro atoms. The molecule has 7 aromatic carbocycles. The van der Waals surface area contributed by atoms with E-state index in [1.807, 2.05) is 175 Å². The van der Waals surface area contributed by atoms with Crippen molar-refractivity contribution in [3.8, 4) is 23.0 Å². The van der Waals surface area contributed by atoms with Crippen LogP contribution in [0.3, 0.4) is 0 Å². The minimum atomic E-state index is -0.641. The van der Waals surface area contributed by atoms with E-state index in [1.165, 1.54) is 0 Å². The molecule has 0 amide bonds. The van der Waals surface area contributed by atoms with Crippen LogP contribution in [0.5, 0.6) is 23.0 Å². The van der Waals surface area contributed by atoms with Crippen LogP contribution in [0.25, 0.3) is 0 Å². The van der Waals surface area contributed by atoms with E-state index in [0.29, 0.717) is 22.6 Å². The number of ether oxygens (including phenoxy) is 4. The summed E-state index contributed by atoms with van der Waals surface area (Å²) in [6.07, 6.45) is 0. The summed E-state index contributed by atoms with van der Waals surface area (Å²) in [7, 11) is 0. The number of esters is 2. The van der Waals surface area contributed by atoms with Gasteiger partial charge in [-0.25, -0.2) is 9.59 Å². The minimum Gasteiger partial charge on any atom is -0.507 e. The van der Waals surface area contributed by atoms with Crippen LogP contribution in [0, 0.1) is 13.8 Å². The molecule has 0 saturated carbocycles. The van der Waals surface area contributed by atoms with E-state index in [2.05, 4.69) is 13.8 Å². The molecule has 0 heterocycles. The third-order valence-electron chi connectivity index (χ3n) is 10.3. The Kier molecular flexibility index (Phi) is 19.8. The fourth-order valence-electron chi connectivity index (χ4n) is 6.34. The Morgan fingerprint density at radius 2 is 0.746 bits per heavy atom. The van der Waals surface area contributed by atoms with Crippen molar-refractivity contribution < 1.29 is 60.5 Å². The third kappa shape index (κ3) is 16.5. The molecule has 2 N–H and O–H groups in total. The van der Waals surface area contributed by atoms with Gasteiger partial charge in [-0.2, -0.15) is 49.2 Å². The molecule has 8 nitrogen and oxygen atoms in total. The van der Waals surface area contributed by atoms with Crippen LogP contribution in [-0.4, -0.2) is 22.2 Å². The van der Waals surface area contributed by atoms with Crippen molar-refractivity contribution in [3.05, 3.63) is 239 Å². The van der Waals surface area contributed by atoms with Gasteiger partial charge >= 0.3 is 33.7 Å². The zero-order valence-corrected chi connectivity index (χ0v) is 40.8. The van der Waals surface area contributed by atoms with Gasteiger partial charge in [0.05, 0.1) is 0 Å². The standard InChI is InChI=1S/C44H46O8.2C7H7.Ti/c1-43(2,3)33-21-31(39(45)35(23-33)41(47)51-25-29-15-9-7-10-16-29)27-49-37-19-13-14-20-38(37)50-28-32-22-34(44(4,5)6)24-36(40(32)46)42(48)52-26-30-17-11-8-12-18-30;2*1-7-5-3-2-4-6-7;/h7-24,45-46H,25-28H2,1-6H3;2*2-6H,1H2;/q;2*-1;+2. The molecule has 0 unspecified atom stereocenters. The summed E-state index contributed by atoms with van der Waals surface area (Å²) in [6.45, 7) is 19.5. The van der Waals surface area contributed by atoms with Crippen LogP contribution in [0.1, 0.15) is 107 Å². The van der Waals surface area contributed by atoms with Gasteiger partial charge in [0.15, 0.2) is 11.5 Å². The molecule has 0 aliphatic rings. The molecule has 0 atom stereocenters. The van der Waals surface area contributed by atoms with Crippen LogP contribution in [0.2, 0.25) is 0 Å². The zero-order valence-electron chi connectivity index (χ0n) is 39.3. The van der Waals surface area contributed by atoms with E-state index in [1.54, 1.807) is 36.4 Å². The van der Waals surface area contributed by atoms with Crippen LogP contribution in [0.15, 0.2) is 170 Å². The van der Waals surface area contributed by atoms with Gasteiger partial charge in [-0.3, -0.25) is 0 Å². The smallest absolute Gasteiger partial charge is 0.507 e. The first-order chi connectivity index (χ1) is 31.5. The van der Waals surface area contributed by atoms with Gasteiger partial charge < -0.3 is 29.2 Å². The SMILES string of the molecule is CC(C)(C)c1cc(COc2ccccc2OCc2cc(C(C)(C)C)cc(C(=O)OCc3ccccc3)c2O)c(O)c(C(=O)OCc2ccccc2)c1.[CH2-]c1ccccc1.[CH2-]c1ccccc1.[Ti+2]. The number of phenolic OH excluding ortho intramolecular Hbond substituents is 2. The van der Waals surface area contributed by atoms with E-state index < -0.39 is 11.9 Å². The topological polar surface area (TPSA) is 112 Å². The van der Waals surface area contributed by atoms with Gasteiger partial charge in [-0.05, 0) is 69.5 Å². The quantitative estimate of drug-likeness (QED) is 0.0708. The summed E-state index contributed by atoms with van der Waals surface area (Å²) in [5.74, 6) is -0.966. The first-order valence-electron chi connectivity index (χ1n) is 21.7. The fraction of sp³-hybridized carbons (Fsp3) is 0.207. The van der Waals surface area contributed by atoms with Crippen molar-refractivity contribution in [2.24, 2.45) is 0 Å². The van der Waals surface area contributed by atoms with Crippen molar-refractivity contribution in [1.29, 1.82) is 0 Å². The number of carbonyl (C=O) groups is 2. The number of carbonyl (C=O) groups excluding carboxylic acids is 2. The minimum absolute atomic E-state index is 0. The van der Waals surface area contributed by atoms with Crippen LogP contribution in [-0.2, 0) is 68.4 Å². The van der Waals surface area contributed by atoms with Crippen molar-refractivity contribution in [2.45, 2.75) is 78.8 Å². The van der Waals surface area contributed by atoms with Crippen LogP contribution >= 0.6 is 0 Å². The molecule has 7 rings (SSSR count). The first kappa shape index (κ1) is 52.8. The molecular weight excluding hydrogens is 872 g/mol. The monoisotopic (exact) mass is 932 g/mol. The maximum Gasteiger partial charge on any atom is 2.00 e. The zero-order chi connectivity index (χ0) is 47.7. The molecule has 0 saturated heterocycles. The summed E-state index contributed by atoms with van der Waals surface area (Å²) in [4.78, 5) is 26.4. The van der Waals surface area contributed by atoms with E-state index in [0.717, 1.165) is 33.4 Å². The Balaban J connectivity index is 0.000000555. The average molecular weight is 933 g/mol. The van der Waals surface area contributed by atoms with E-state index in [-0.39, 0.29) is 81.6 Å². The number of hydrogen-bond donors (Lipinski definition) is 2. The van der Waals surface area contributed by atoms with Gasteiger partial charge in [0.1, 0.15) is 49.1 Å². The number of phenols is 2. The molecule has 0 fully saturated rings. The summed E-state index contributed by atoms with van der Waals surface area (Å²) in [5.41, 5.74) is 5.71. The van der Waals surface area contributed by atoms with E-state index in [9.17, 15) is 19.8 Å². The Morgan fingerprint density at radius 3 is 1.03 bits per heavy atom. The molecule has 0 aromatic heterocycles. The predicted octanol–water partition coefficient (Wildman–Crippen LogP) is 13.3. The van der Waals surface area contributed by atoms with Crippen molar-refractivity contribution in [1.82, 2.24) is 0 Å². The normalized spacial score (nSPS) is 10.7. The molecule has 0 aliphatic heterocycles. The summed E-state index contributed by atoms with van der Waals surface area (Å²) < 4.78 is 23.5. The van der Waals surface area contributed by atoms with Crippen LogP contribution in [0.4, 0.5) is 0 Å². The van der Waals surface area contributed by atoms with Crippen molar-refractivity contribution in [3.63, 3.8) is 0 Å². The molecule has 0 bridgehead atoms. The summed E-state index contributed by atoms with van der Waals surface area (Å²) in [5, 5.41) is 22.5. The molecule has 344 valence electrons. The Bertz CT molecular complexity index is 2440. The maximum absolute atomic E-state index is 13.2. The Labute approximate surface area is 411 Å². The molecule has 0 radical (unpaired) electrons. The van der Waals surface area contributed by atoms with Gasteiger partial charge in [-0.1, -0.05) is 126 Å². The molecule has 7 aromatic rings. The molecule has 9 heteroatoms. The maximum atomic E-state index is 13.2. The number of aromatic hydroxyl groups is 2. The summed E-state index contributed by atoms with van der Waals surface area (Å²) >= 11 is 0. The van der Waals surface area contributed by atoms with E-state index in [4.69, 9.17) is 18.9 Å². The number of rotatable bonds is 12. The second-order valence-corrected chi connectivity index (χ2v) is 17.7. The van der Waals surface area contributed by atoms with E-state index >= 15 is 0 Å². The third-order valence-corrected chi connectivity index (χ3v) is 10.3. The number of benzene rings is 7. The second kappa shape index (κ2) is 25.2. The summed E-state index contributed by atoms with van der Waals surface area (Å²) in [6, 6.07) is 52.4. The van der Waals surface area contributed by atoms with Crippen molar-refractivity contribution >= 4 is 11.9 Å². The fourth-order valence-corrected chi connectivity index (χ4v) is 6.34. The largest absolute Gasteiger partial charge is 2.00 e. The second-order valence-electron chi connectivity index (χ2n) is 17.7. The number of hydrogen-bond acceptors (Lipinski definition) is 8. The Hall–Kier alpha value is -6.87. The average Bonchev–Trinajstić information content (AvgIpc) is 3.30. The van der Waals surface area contributed by atoms with Gasteiger partial charge in [0.2, 0.25) is 0 Å². The Morgan fingerprint density at radius 1 is 0.448 bits per heavy atom. The van der Waals surface area contributed by atoms with Gasteiger partial charge in [0.25, 0.3) is 0 Å². The predicted molar refractivity (Wildman–Crippen MR) is 262 cm³/mol. The molecule has 67 heavy (non-hydrogen) atoms. The first-order valence-corrected chi connectivity index (χ1v) is 21.7. The van der Waals surface area contributed by atoms with Gasteiger partial charge in [-0.15, -0.1) is 24.3 Å². The molecular formula is C58H60O8Ti. The molecule has 0 aliphatic carbocycles. The van der Waals surface area contributed by atoms with Crippen LogP contribution < -0.4 is 9.47 Å². The number of para-hydroxylation sites is 2.